The highest BCUT2D eigenvalue weighted by atomic mass is 79.9. The summed E-state index contributed by atoms with van der Waals surface area (Å²) in [6.07, 6.45) is 3.17. The molecule has 0 amide bonds. The molecular weight excluding hydrogens is 334 g/mol. The highest BCUT2D eigenvalue weighted by Crippen LogP contribution is 2.31. The van der Waals surface area contributed by atoms with Gasteiger partial charge in [0, 0.05) is 10.0 Å². The number of hydrogen-bond acceptors (Lipinski definition) is 5. The number of nitrogens with zero attached hydrogens (tertiary/aromatic N) is 3. The zero-order valence-electron chi connectivity index (χ0n) is 10.7. The molecule has 0 fully saturated rings. The van der Waals surface area contributed by atoms with Crippen molar-refractivity contribution in [2.45, 2.75) is 0 Å². The van der Waals surface area contributed by atoms with Gasteiger partial charge in [0.05, 0.1) is 11.6 Å². The number of furan rings is 1. The minimum Gasteiger partial charge on any atom is -0.463 e. The van der Waals surface area contributed by atoms with Crippen molar-refractivity contribution < 1.29 is 8.94 Å². The van der Waals surface area contributed by atoms with Crippen molar-refractivity contribution in [2.24, 2.45) is 0 Å². The van der Waals surface area contributed by atoms with Gasteiger partial charge < -0.3 is 8.94 Å². The summed E-state index contributed by atoms with van der Waals surface area (Å²) in [5, 5.41) is 13.4. The van der Waals surface area contributed by atoms with Gasteiger partial charge in [0.2, 0.25) is 0 Å². The van der Waals surface area contributed by atoms with Crippen LogP contribution in [0.25, 0.3) is 33.6 Å². The van der Waals surface area contributed by atoms with Gasteiger partial charge in [0.1, 0.15) is 17.5 Å². The van der Waals surface area contributed by atoms with E-state index < -0.39 is 0 Å². The van der Waals surface area contributed by atoms with Crippen LogP contribution >= 0.6 is 15.9 Å². The minimum atomic E-state index is 0.574. The molecule has 3 aromatic heterocycles. The monoisotopic (exact) mass is 341 g/mol. The molecule has 0 aliphatic heterocycles. The second-order valence-corrected chi connectivity index (χ2v) is 5.37. The average Bonchev–Trinajstić information content (AvgIpc) is 3.19. The fraction of sp³-hybridized carbons (Fsp3) is 0. The number of halogens is 1. The molecule has 0 saturated heterocycles. The van der Waals surface area contributed by atoms with E-state index in [1.165, 1.54) is 0 Å². The Kier molecular flexibility index (Phi) is 2.82. The largest absolute Gasteiger partial charge is 0.463 e. The predicted molar refractivity (Wildman–Crippen MR) is 80.4 cm³/mol. The maximum absolute atomic E-state index is 5.37. The Bertz CT molecular complexity index is 898. The second-order valence-electron chi connectivity index (χ2n) is 4.46. The van der Waals surface area contributed by atoms with Crippen molar-refractivity contribution in [3.05, 3.63) is 53.4 Å². The topological polar surface area (TPSA) is 65.0 Å². The molecule has 0 atom stereocenters. The van der Waals surface area contributed by atoms with Crippen LogP contribution in [0.4, 0.5) is 0 Å². The van der Waals surface area contributed by atoms with Gasteiger partial charge in [0.25, 0.3) is 0 Å². The van der Waals surface area contributed by atoms with Crippen LogP contribution in [0.15, 0.2) is 62.3 Å². The molecule has 0 aliphatic rings. The first-order valence-corrected chi connectivity index (χ1v) is 7.03. The van der Waals surface area contributed by atoms with E-state index in [9.17, 15) is 0 Å². The van der Waals surface area contributed by atoms with Crippen molar-refractivity contribution in [1.29, 1.82) is 0 Å². The molecule has 4 aromatic rings. The average molecular weight is 342 g/mol. The molecule has 6 heteroatoms. The normalized spacial score (nSPS) is 11.1. The van der Waals surface area contributed by atoms with Gasteiger partial charge in [-0.1, -0.05) is 33.2 Å². The predicted octanol–water partition coefficient (Wildman–Crippen LogP) is 4.31. The Balaban J connectivity index is 1.95. The fourth-order valence-electron chi connectivity index (χ4n) is 2.18. The van der Waals surface area contributed by atoms with Gasteiger partial charge in [0.15, 0.2) is 11.5 Å². The van der Waals surface area contributed by atoms with Crippen LogP contribution in [0.2, 0.25) is 0 Å². The molecule has 0 N–H and O–H groups in total. The molecule has 0 bridgehead atoms. The molecule has 0 unspecified atom stereocenters. The SMILES string of the molecule is Brc1ccc(-c2nnc(-c3ccco3)c3nocc23)cc1. The maximum atomic E-state index is 5.37. The molecule has 0 radical (unpaired) electrons. The summed E-state index contributed by atoms with van der Waals surface area (Å²) in [5.41, 5.74) is 2.89. The quantitative estimate of drug-likeness (QED) is 0.543. The van der Waals surface area contributed by atoms with Crippen LogP contribution in [0, 0.1) is 0 Å². The number of aromatic nitrogens is 3. The van der Waals surface area contributed by atoms with E-state index in [4.69, 9.17) is 8.94 Å². The number of hydrogen-bond donors (Lipinski definition) is 0. The van der Waals surface area contributed by atoms with E-state index in [1.54, 1.807) is 18.6 Å². The van der Waals surface area contributed by atoms with Gasteiger partial charge in [-0.15, -0.1) is 10.2 Å². The van der Waals surface area contributed by atoms with Gasteiger partial charge in [-0.25, -0.2) is 0 Å². The van der Waals surface area contributed by atoms with Crippen molar-refractivity contribution in [2.75, 3.05) is 0 Å². The summed E-state index contributed by atoms with van der Waals surface area (Å²) in [4.78, 5) is 0. The van der Waals surface area contributed by atoms with Gasteiger partial charge in [-0.3, -0.25) is 0 Å². The van der Waals surface area contributed by atoms with Crippen LogP contribution in [0.1, 0.15) is 0 Å². The van der Waals surface area contributed by atoms with E-state index in [2.05, 4.69) is 31.3 Å². The first-order chi connectivity index (χ1) is 10.3. The molecule has 0 saturated carbocycles. The summed E-state index contributed by atoms with van der Waals surface area (Å²) in [6, 6.07) is 11.5. The van der Waals surface area contributed by atoms with Crippen molar-refractivity contribution in [1.82, 2.24) is 15.4 Å². The fourth-order valence-corrected chi connectivity index (χ4v) is 2.44. The summed E-state index contributed by atoms with van der Waals surface area (Å²) in [7, 11) is 0. The third-order valence-corrected chi connectivity index (χ3v) is 3.70. The molecular formula is C15H8BrN3O2. The zero-order chi connectivity index (χ0) is 14.2. The van der Waals surface area contributed by atoms with E-state index in [0.29, 0.717) is 17.0 Å². The standard InChI is InChI=1S/C15H8BrN3O2/c16-10-5-3-9(4-6-10)13-11-8-21-19-14(11)15(18-17-13)12-2-1-7-20-12/h1-8H. The highest BCUT2D eigenvalue weighted by molar-refractivity contribution is 9.10. The molecule has 5 nitrogen and oxygen atoms in total. The Morgan fingerprint density at radius 1 is 0.952 bits per heavy atom. The lowest BCUT2D eigenvalue weighted by molar-refractivity contribution is 0.428. The summed E-state index contributed by atoms with van der Waals surface area (Å²) in [6.45, 7) is 0. The van der Waals surface area contributed by atoms with E-state index in [-0.39, 0.29) is 0 Å². The Hall–Kier alpha value is -2.47. The first kappa shape index (κ1) is 12.3. The van der Waals surface area contributed by atoms with Crippen molar-refractivity contribution in [3.63, 3.8) is 0 Å². The van der Waals surface area contributed by atoms with Crippen LogP contribution in [-0.4, -0.2) is 15.4 Å². The molecule has 0 aliphatic carbocycles. The highest BCUT2D eigenvalue weighted by Gasteiger charge is 2.17. The van der Waals surface area contributed by atoms with E-state index in [0.717, 1.165) is 21.1 Å². The molecule has 3 heterocycles. The van der Waals surface area contributed by atoms with Gasteiger partial charge in [-0.2, -0.15) is 0 Å². The lowest BCUT2D eigenvalue weighted by Crippen LogP contribution is -1.93. The molecule has 21 heavy (non-hydrogen) atoms. The van der Waals surface area contributed by atoms with E-state index in [1.807, 2.05) is 30.3 Å². The number of benzene rings is 1. The summed E-state index contributed by atoms with van der Waals surface area (Å²) < 4.78 is 11.5. The lowest BCUT2D eigenvalue weighted by Gasteiger charge is -2.03. The van der Waals surface area contributed by atoms with Crippen LogP contribution in [0.3, 0.4) is 0 Å². The van der Waals surface area contributed by atoms with Gasteiger partial charge in [-0.05, 0) is 24.3 Å². The summed E-state index contributed by atoms with van der Waals surface area (Å²) >= 11 is 3.42. The number of fused-ring (bicyclic) bond motifs is 1. The van der Waals surface area contributed by atoms with Crippen molar-refractivity contribution in [3.8, 4) is 22.7 Å². The summed E-state index contributed by atoms with van der Waals surface area (Å²) in [5.74, 6) is 0.615. The molecule has 0 spiro atoms. The molecule has 1 aromatic carbocycles. The first-order valence-electron chi connectivity index (χ1n) is 6.23. The van der Waals surface area contributed by atoms with Crippen LogP contribution < -0.4 is 0 Å². The third kappa shape index (κ3) is 2.04. The molecule has 4 rings (SSSR count). The van der Waals surface area contributed by atoms with Gasteiger partial charge >= 0.3 is 0 Å². The minimum absolute atomic E-state index is 0.574. The zero-order valence-corrected chi connectivity index (χ0v) is 12.2. The second kappa shape index (κ2) is 4.82. The van der Waals surface area contributed by atoms with Crippen molar-refractivity contribution >= 4 is 26.8 Å². The maximum Gasteiger partial charge on any atom is 0.158 e. The Morgan fingerprint density at radius 2 is 1.76 bits per heavy atom. The third-order valence-electron chi connectivity index (χ3n) is 3.17. The van der Waals surface area contributed by atoms with E-state index >= 15 is 0 Å². The Morgan fingerprint density at radius 3 is 2.52 bits per heavy atom. The Labute approximate surface area is 127 Å². The molecule has 102 valence electrons. The number of rotatable bonds is 2. The van der Waals surface area contributed by atoms with Crippen LogP contribution in [-0.2, 0) is 0 Å². The van der Waals surface area contributed by atoms with Crippen LogP contribution in [0.5, 0.6) is 0 Å². The lowest BCUT2D eigenvalue weighted by atomic mass is 10.1. The smallest absolute Gasteiger partial charge is 0.158 e.